The predicted molar refractivity (Wildman–Crippen MR) is 119 cm³/mol. The van der Waals surface area contributed by atoms with E-state index in [0.29, 0.717) is 6.42 Å². The van der Waals surface area contributed by atoms with Crippen LogP contribution in [0.4, 0.5) is 0 Å². The van der Waals surface area contributed by atoms with E-state index in [1.54, 1.807) is 0 Å². The average molecular weight is 445 g/mol. The second-order valence-electron chi connectivity index (χ2n) is 8.52. The summed E-state index contributed by atoms with van der Waals surface area (Å²) in [7, 11) is 0. The largest absolute Gasteiger partial charge is 0.456 e. The normalized spacial score (nSPS) is 26.4. The molecule has 0 bridgehead atoms. The number of esters is 1. The predicted octanol–water partition coefficient (Wildman–Crippen LogP) is 3.37. The van der Waals surface area contributed by atoms with E-state index in [0.717, 1.165) is 32.1 Å². The van der Waals surface area contributed by atoms with E-state index in [1.807, 2.05) is 0 Å². The highest BCUT2D eigenvalue weighted by atomic mass is 16.7. The third-order valence-electron chi connectivity index (χ3n) is 5.75. The average Bonchev–Trinajstić information content (AvgIpc) is 2.76. The summed E-state index contributed by atoms with van der Waals surface area (Å²) in [5.74, 6) is -0.536. The van der Waals surface area contributed by atoms with Crippen LogP contribution in [-0.4, -0.2) is 63.7 Å². The van der Waals surface area contributed by atoms with Crippen LogP contribution >= 0.6 is 0 Å². The summed E-state index contributed by atoms with van der Waals surface area (Å²) in [6.45, 7) is 1.69. The summed E-state index contributed by atoms with van der Waals surface area (Å²) >= 11 is 0. The summed E-state index contributed by atoms with van der Waals surface area (Å²) in [4.78, 5) is 12.0. The molecule has 1 aliphatic heterocycles. The first kappa shape index (κ1) is 28.0. The van der Waals surface area contributed by atoms with Gasteiger partial charge in [-0.2, -0.15) is 0 Å². The van der Waals surface area contributed by atoms with Crippen molar-refractivity contribution in [3.63, 3.8) is 0 Å². The molecule has 0 aromatic rings. The number of hydrogen-bond donors (Lipinski definition) is 4. The van der Waals surface area contributed by atoms with E-state index in [1.165, 1.54) is 44.9 Å². The fraction of sp³-hybridized carbons (Fsp3) is 0.875. The molecule has 0 amide bonds. The van der Waals surface area contributed by atoms with Crippen molar-refractivity contribution >= 4 is 5.97 Å². The lowest BCUT2D eigenvalue weighted by molar-refractivity contribution is -0.289. The zero-order chi connectivity index (χ0) is 22.9. The summed E-state index contributed by atoms with van der Waals surface area (Å²) in [6, 6.07) is 0. The van der Waals surface area contributed by atoms with E-state index in [-0.39, 0.29) is 6.42 Å². The second kappa shape index (κ2) is 17.6. The molecule has 5 atom stereocenters. The fourth-order valence-electron chi connectivity index (χ4n) is 3.76. The van der Waals surface area contributed by atoms with E-state index < -0.39 is 43.3 Å². The highest BCUT2D eigenvalue weighted by Gasteiger charge is 2.45. The molecule has 7 heteroatoms. The molecule has 0 aromatic carbocycles. The summed E-state index contributed by atoms with van der Waals surface area (Å²) < 4.78 is 10.0. The van der Waals surface area contributed by atoms with Crippen LogP contribution in [0, 0.1) is 0 Å². The van der Waals surface area contributed by atoms with Crippen LogP contribution in [-0.2, 0) is 14.3 Å². The SMILES string of the molecule is CCCCCCCCC=CCCCCCCCC(=O)O[C@H]1[C@H](O)[C@@H](CO)OC(O)[C@@H]1O. The number of aliphatic hydroxyl groups is 4. The Hall–Kier alpha value is -0.990. The highest BCUT2D eigenvalue weighted by molar-refractivity contribution is 5.69. The Morgan fingerprint density at radius 3 is 1.97 bits per heavy atom. The van der Waals surface area contributed by atoms with Crippen molar-refractivity contribution in [3.05, 3.63) is 12.2 Å². The minimum atomic E-state index is -1.61. The van der Waals surface area contributed by atoms with Crippen molar-refractivity contribution in [2.75, 3.05) is 6.61 Å². The molecule has 182 valence electrons. The third-order valence-corrected chi connectivity index (χ3v) is 5.75. The summed E-state index contributed by atoms with van der Waals surface area (Å²) in [6.07, 6.45) is 13.0. The van der Waals surface area contributed by atoms with E-state index in [2.05, 4.69) is 19.1 Å². The molecule has 0 aromatic heterocycles. The van der Waals surface area contributed by atoms with E-state index in [4.69, 9.17) is 14.6 Å². The molecule has 1 heterocycles. The molecule has 0 spiro atoms. The summed E-state index contributed by atoms with van der Waals surface area (Å²) in [5.41, 5.74) is 0. The number of allylic oxidation sites excluding steroid dienone is 2. The molecule has 0 aliphatic carbocycles. The number of carbonyl (C=O) groups excluding carboxylic acids is 1. The zero-order valence-electron chi connectivity index (χ0n) is 19.2. The number of rotatable bonds is 17. The van der Waals surface area contributed by atoms with Crippen LogP contribution in [0.1, 0.15) is 96.8 Å². The first-order valence-electron chi connectivity index (χ1n) is 12.2. The number of carbonyl (C=O) groups is 1. The van der Waals surface area contributed by atoms with Crippen LogP contribution in [0.25, 0.3) is 0 Å². The molecular formula is C24H44O7. The topological polar surface area (TPSA) is 116 Å². The first-order chi connectivity index (χ1) is 15.0. The van der Waals surface area contributed by atoms with Crippen molar-refractivity contribution < 1.29 is 34.7 Å². The number of unbranched alkanes of at least 4 members (excludes halogenated alkanes) is 11. The molecule has 0 saturated carbocycles. The highest BCUT2D eigenvalue weighted by Crippen LogP contribution is 2.23. The van der Waals surface area contributed by atoms with Gasteiger partial charge >= 0.3 is 5.97 Å². The molecule has 1 rings (SSSR count). The summed E-state index contributed by atoms with van der Waals surface area (Å²) in [5, 5.41) is 38.7. The minimum Gasteiger partial charge on any atom is -0.456 e. The van der Waals surface area contributed by atoms with Gasteiger partial charge in [0, 0.05) is 6.42 Å². The van der Waals surface area contributed by atoms with Crippen molar-refractivity contribution in [1.29, 1.82) is 0 Å². The Balaban J connectivity index is 2.01. The Bertz CT molecular complexity index is 483. The van der Waals surface area contributed by atoms with E-state index in [9.17, 15) is 20.1 Å². The Morgan fingerprint density at radius 1 is 0.839 bits per heavy atom. The van der Waals surface area contributed by atoms with Gasteiger partial charge in [0.1, 0.15) is 18.3 Å². The third kappa shape index (κ3) is 12.0. The molecule has 1 saturated heterocycles. The van der Waals surface area contributed by atoms with Crippen LogP contribution < -0.4 is 0 Å². The Labute approximate surface area is 187 Å². The van der Waals surface area contributed by atoms with E-state index >= 15 is 0 Å². The first-order valence-corrected chi connectivity index (χ1v) is 12.2. The quantitative estimate of drug-likeness (QED) is 0.154. The lowest BCUT2D eigenvalue weighted by Crippen LogP contribution is -2.59. The van der Waals surface area contributed by atoms with Crippen LogP contribution in [0.3, 0.4) is 0 Å². The minimum absolute atomic E-state index is 0.189. The molecule has 1 unspecified atom stereocenters. The molecule has 1 aliphatic rings. The smallest absolute Gasteiger partial charge is 0.306 e. The molecule has 7 nitrogen and oxygen atoms in total. The Kier molecular flexibility index (Phi) is 15.9. The number of hydrogen-bond acceptors (Lipinski definition) is 7. The maximum Gasteiger partial charge on any atom is 0.306 e. The maximum absolute atomic E-state index is 12.0. The lowest BCUT2D eigenvalue weighted by Gasteiger charge is -2.39. The molecule has 31 heavy (non-hydrogen) atoms. The van der Waals surface area contributed by atoms with Crippen molar-refractivity contribution in [2.45, 2.75) is 128 Å². The molecule has 4 N–H and O–H groups in total. The van der Waals surface area contributed by atoms with Gasteiger partial charge in [-0.3, -0.25) is 4.79 Å². The van der Waals surface area contributed by atoms with Gasteiger partial charge in [0.25, 0.3) is 0 Å². The van der Waals surface area contributed by atoms with Crippen molar-refractivity contribution in [1.82, 2.24) is 0 Å². The molecule has 1 fully saturated rings. The Morgan fingerprint density at radius 2 is 1.39 bits per heavy atom. The van der Waals surface area contributed by atoms with Gasteiger partial charge in [0.2, 0.25) is 0 Å². The van der Waals surface area contributed by atoms with Gasteiger partial charge in [0.05, 0.1) is 6.61 Å². The van der Waals surface area contributed by atoms with Crippen LogP contribution in [0.2, 0.25) is 0 Å². The monoisotopic (exact) mass is 444 g/mol. The van der Waals surface area contributed by atoms with Crippen molar-refractivity contribution in [2.24, 2.45) is 0 Å². The van der Waals surface area contributed by atoms with Crippen LogP contribution in [0.5, 0.6) is 0 Å². The van der Waals surface area contributed by atoms with Gasteiger partial charge in [-0.05, 0) is 32.1 Å². The van der Waals surface area contributed by atoms with Gasteiger partial charge in [-0.15, -0.1) is 0 Å². The standard InChI is InChI=1S/C24H44O7/c1-2-3-4-5-6-7-8-9-10-11-12-13-14-15-16-17-20(26)31-23-21(27)19(18-25)30-24(29)22(23)28/h9-10,19,21-25,27-29H,2-8,11-18H2,1H3/t19-,21-,22-,23+,24?/m1/s1. The lowest BCUT2D eigenvalue weighted by atomic mass is 9.99. The van der Waals surface area contributed by atoms with Gasteiger partial charge in [-0.1, -0.05) is 70.4 Å². The molecular weight excluding hydrogens is 400 g/mol. The number of ether oxygens (including phenoxy) is 2. The molecule has 0 radical (unpaired) electrons. The van der Waals surface area contributed by atoms with Gasteiger partial charge in [-0.25, -0.2) is 0 Å². The van der Waals surface area contributed by atoms with Gasteiger partial charge < -0.3 is 29.9 Å². The van der Waals surface area contributed by atoms with Crippen LogP contribution in [0.15, 0.2) is 12.2 Å². The van der Waals surface area contributed by atoms with Crippen molar-refractivity contribution in [3.8, 4) is 0 Å². The second-order valence-corrected chi connectivity index (χ2v) is 8.52. The van der Waals surface area contributed by atoms with Gasteiger partial charge in [0.15, 0.2) is 12.4 Å². The number of aliphatic hydroxyl groups excluding tert-OH is 4. The fourth-order valence-corrected chi connectivity index (χ4v) is 3.76. The maximum atomic E-state index is 12.0. The zero-order valence-corrected chi connectivity index (χ0v) is 19.2.